The summed E-state index contributed by atoms with van der Waals surface area (Å²) in [5.41, 5.74) is 0.887. The SMILES string of the molecule is COC(=O)C(NC(=O)OCc1ccccc1)C1CCOCC1. The van der Waals surface area contributed by atoms with Gasteiger partial charge >= 0.3 is 12.1 Å². The quantitative estimate of drug-likeness (QED) is 0.841. The van der Waals surface area contributed by atoms with Gasteiger partial charge in [-0.3, -0.25) is 0 Å². The summed E-state index contributed by atoms with van der Waals surface area (Å²) in [5.74, 6) is -0.450. The van der Waals surface area contributed by atoms with Crippen molar-refractivity contribution in [1.29, 1.82) is 0 Å². The highest BCUT2D eigenvalue weighted by Crippen LogP contribution is 2.20. The molecule has 1 heterocycles. The lowest BCUT2D eigenvalue weighted by Crippen LogP contribution is -2.48. The average molecular weight is 307 g/mol. The lowest BCUT2D eigenvalue weighted by atomic mass is 9.92. The maximum atomic E-state index is 11.9. The van der Waals surface area contributed by atoms with Gasteiger partial charge in [-0.1, -0.05) is 30.3 Å². The maximum Gasteiger partial charge on any atom is 0.408 e. The van der Waals surface area contributed by atoms with Gasteiger partial charge in [-0.25, -0.2) is 9.59 Å². The predicted octanol–water partition coefficient (Wildman–Crippen LogP) is 1.88. The third-order valence-electron chi connectivity index (χ3n) is 3.68. The Morgan fingerprint density at radius 2 is 1.95 bits per heavy atom. The fourth-order valence-electron chi connectivity index (χ4n) is 2.44. The van der Waals surface area contributed by atoms with E-state index in [1.54, 1.807) is 0 Å². The standard InChI is InChI=1S/C16H21NO5/c1-20-15(18)14(13-7-9-21-10-8-13)17-16(19)22-11-12-5-3-2-4-6-12/h2-6,13-14H,7-11H2,1H3,(H,17,19). The molecule has 22 heavy (non-hydrogen) atoms. The first-order valence-corrected chi connectivity index (χ1v) is 7.33. The highest BCUT2D eigenvalue weighted by Gasteiger charge is 2.32. The predicted molar refractivity (Wildman–Crippen MR) is 79.1 cm³/mol. The van der Waals surface area contributed by atoms with Crippen LogP contribution in [0.15, 0.2) is 30.3 Å². The molecule has 1 aliphatic heterocycles. The third kappa shape index (κ3) is 4.73. The molecule has 1 unspecified atom stereocenters. The Kier molecular flexibility index (Phi) is 6.21. The normalized spacial score (nSPS) is 16.6. The van der Waals surface area contributed by atoms with Crippen molar-refractivity contribution in [3.05, 3.63) is 35.9 Å². The molecule has 1 aromatic rings. The molecular formula is C16H21NO5. The number of hydrogen-bond acceptors (Lipinski definition) is 5. The molecule has 2 rings (SSSR count). The summed E-state index contributed by atoms with van der Waals surface area (Å²) in [5, 5.41) is 2.62. The van der Waals surface area contributed by atoms with Crippen molar-refractivity contribution in [3.8, 4) is 0 Å². The minimum absolute atomic E-state index is 0.00507. The minimum Gasteiger partial charge on any atom is -0.467 e. The first-order valence-electron chi connectivity index (χ1n) is 7.33. The Morgan fingerprint density at radius 3 is 2.59 bits per heavy atom. The highest BCUT2D eigenvalue weighted by molar-refractivity contribution is 5.81. The van der Waals surface area contributed by atoms with Crippen LogP contribution in [0.4, 0.5) is 4.79 Å². The number of methoxy groups -OCH3 is 1. The van der Waals surface area contributed by atoms with Crippen LogP contribution in [0.2, 0.25) is 0 Å². The minimum atomic E-state index is -0.697. The van der Waals surface area contributed by atoms with Crippen molar-refractivity contribution in [1.82, 2.24) is 5.32 Å². The highest BCUT2D eigenvalue weighted by atomic mass is 16.6. The van der Waals surface area contributed by atoms with Gasteiger partial charge in [-0.15, -0.1) is 0 Å². The lowest BCUT2D eigenvalue weighted by molar-refractivity contribution is -0.145. The second kappa shape index (κ2) is 8.38. The molecule has 0 saturated carbocycles. The molecule has 6 heteroatoms. The van der Waals surface area contributed by atoms with E-state index in [1.807, 2.05) is 30.3 Å². The number of esters is 1. The Labute approximate surface area is 129 Å². The maximum absolute atomic E-state index is 11.9. The summed E-state index contributed by atoms with van der Waals surface area (Å²) in [6.07, 6.45) is 0.794. The summed E-state index contributed by atoms with van der Waals surface area (Å²) in [6.45, 7) is 1.33. The summed E-state index contributed by atoms with van der Waals surface area (Å²) < 4.78 is 15.2. The summed E-state index contributed by atoms with van der Waals surface area (Å²) in [7, 11) is 1.31. The van der Waals surface area contributed by atoms with Gasteiger partial charge in [0.25, 0.3) is 0 Å². The molecule has 0 spiro atoms. The number of carbonyl (C=O) groups excluding carboxylic acids is 2. The average Bonchev–Trinajstić information content (AvgIpc) is 2.59. The van der Waals surface area contributed by atoms with Gasteiger partial charge < -0.3 is 19.5 Å². The van der Waals surface area contributed by atoms with E-state index in [2.05, 4.69) is 5.32 Å². The molecule has 1 aromatic carbocycles. The third-order valence-corrected chi connectivity index (χ3v) is 3.68. The zero-order valence-electron chi connectivity index (χ0n) is 12.6. The van der Waals surface area contributed by atoms with Crippen LogP contribution in [-0.4, -0.2) is 38.4 Å². The van der Waals surface area contributed by atoms with Crippen molar-refractivity contribution < 1.29 is 23.8 Å². The molecule has 0 bridgehead atoms. The fraction of sp³-hybridized carbons (Fsp3) is 0.500. The van der Waals surface area contributed by atoms with E-state index in [4.69, 9.17) is 14.2 Å². The molecule has 120 valence electrons. The molecule has 1 atom stereocenters. The Bertz CT molecular complexity index is 485. The van der Waals surface area contributed by atoms with E-state index in [0.717, 1.165) is 5.56 Å². The van der Waals surface area contributed by atoms with Crippen LogP contribution in [-0.2, 0) is 25.6 Å². The number of amides is 1. The molecular weight excluding hydrogens is 286 g/mol. The number of rotatable bonds is 5. The topological polar surface area (TPSA) is 73.9 Å². The van der Waals surface area contributed by atoms with E-state index in [-0.39, 0.29) is 12.5 Å². The van der Waals surface area contributed by atoms with E-state index in [1.165, 1.54) is 7.11 Å². The molecule has 6 nitrogen and oxygen atoms in total. The smallest absolute Gasteiger partial charge is 0.408 e. The number of alkyl carbamates (subject to hydrolysis) is 1. The van der Waals surface area contributed by atoms with Crippen LogP contribution in [0.1, 0.15) is 18.4 Å². The van der Waals surface area contributed by atoms with Crippen molar-refractivity contribution in [2.45, 2.75) is 25.5 Å². The van der Waals surface area contributed by atoms with E-state index < -0.39 is 18.1 Å². The number of ether oxygens (including phenoxy) is 3. The second-order valence-electron chi connectivity index (χ2n) is 5.16. The largest absolute Gasteiger partial charge is 0.467 e. The van der Waals surface area contributed by atoms with Gasteiger partial charge in [0, 0.05) is 13.2 Å². The number of hydrogen-bond donors (Lipinski definition) is 1. The molecule has 1 saturated heterocycles. The molecule has 1 amide bonds. The van der Waals surface area contributed by atoms with E-state index in [0.29, 0.717) is 26.1 Å². The summed E-state index contributed by atoms with van der Waals surface area (Å²) >= 11 is 0. The second-order valence-corrected chi connectivity index (χ2v) is 5.16. The Balaban J connectivity index is 1.88. The van der Waals surface area contributed by atoms with Crippen LogP contribution in [0.3, 0.4) is 0 Å². The monoisotopic (exact) mass is 307 g/mol. The van der Waals surface area contributed by atoms with Crippen molar-refractivity contribution in [2.24, 2.45) is 5.92 Å². The molecule has 1 fully saturated rings. The zero-order chi connectivity index (χ0) is 15.8. The van der Waals surface area contributed by atoms with Crippen LogP contribution in [0.5, 0.6) is 0 Å². The van der Waals surface area contributed by atoms with E-state index in [9.17, 15) is 9.59 Å². The summed E-state index contributed by atoms with van der Waals surface area (Å²) in [4.78, 5) is 23.8. The molecule has 1 N–H and O–H groups in total. The van der Waals surface area contributed by atoms with Crippen molar-refractivity contribution in [2.75, 3.05) is 20.3 Å². The molecule has 1 aliphatic rings. The number of nitrogens with one attached hydrogen (secondary N) is 1. The Morgan fingerprint density at radius 1 is 1.27 bits per heavy atom. The van der Waals surface area contributed by atoms with Crippen molar-refractivity contribution in [3.63, 3.8) is 0 Å². The van der Waals surface area contributed by atoms with Crippen LogP contribution in [0, 0.1) is 5.92 Å². The zero-order valence-corrected chi connectivity index (χ0v) is 12.6. The van der Waals surface area contributed by atoms with Crippen LogP contribution >= 0.6 is 0 Å². The first-order chi connectivity index (χ1) is 10.7. The van der Waals surface area contributed by atoms with Gasteiger partial charge in [0.15, 0.2) is 0 Å². The summed E-state index contributed by atoms with van der Waals surface area (Å²) in [6, 6.07) is 8.66. The van der Waals surface area contributed by atoms with Gasteiger partial charge in [-0.2, -0.15) is 0 Å². The first kappa shape index (κ1) is 16.3. The van der Waals surface area contributed by atoms with Crippen LogP contribution < -0.4 is 5.32 Å². The van der Waals surface area contributed by atoms with E-state index >= 15 is 0 Å². The van der Waals surface area contributed by atoms with Gasteiger partial charge in [0.1, 0.15) is 12.6 Å². The molecule has 0 aliphatic carbocycles. The fourth-order valence-corrected chi connectivity index (χ4v) is 2.44. The number of benzene rings is 1. The number of carbonyl (C=O) groups is 2. The molecule has 0 radical (unpaired) electrons. The van der Waals surface area contributed by atoms with Gasteiger partial charge in [-0.05, 0) is 24.3 Å². The Hall–Kier alpha value is -2.08. The van der Waals surface area contributed by atoms with Gasteiger partial charge in [0.2, 0.25) is 0 Å². The van der Waals surface area contributed by atoms with Crippen molar-refractivity contribution >= 4 is 12.1 Å². The molecule has 0 aromatic heterocycles. The lowest BCUT2D eigenvalue weighted by Gasteiger charge is -2.28. The van der Waals surface area contributed by atoms with Crippen LogP contribution in [0.25, 0.3) is 0 Å². The van der Waals surface area contributed by atoms with Gasteiger partial charge in [0.05, 0.1) is 7.11 Å².